The molecule has 1 heterocycles. The lowest BCUT2D eigenvalue weighted by molar-refractivity contribution is 0.0709. The summed E-state index contributed by atoms with van der Waals surface area (Å²) in [5.74, 6) is 0. The molecule has 0 aromatic rings. The Labute approximate surface area is 86.0 Å². The van der Waals surface area contributed by atoms with Crippen LogP contribution in [0.3, 0.4) is 0 Å². The van der Waals surface area contributed by atoms with E-state index in [1.807, 2.05) is 6.08 Å². The lowest BCUT2D eigenvalue weighted by Gasteiger charge is -2.22. The Kier molecular flexibility index (Phi) is 2.70. The zero-order valence-corrected chi connectivity index (χ0v) is 8.03. The molecule has 1 atom stereocenters. The molecule has 0 spiro atoms. The number of allylic oxidation sites excluding steroid dienone is 3. The van der Waals surface area contributed by atoms with Gasteiger partial charge in [-0.1, -0.05) is 12.2 Å². The van der Waals surface area contributed by atoms with Crippen molar-refractivity contribution < 1.29 is 18.3 Å². The van der Waals surface area contributed by atoms with E-state index in [1.54, 1.807) is 12.2 Å². The molecule has 82 valence electrons. The molecule has 1 aliphatic carbocycles. The number of alkyl halides is 2. The van der Waals surface area contributed by atoms with Gasteiger partial charge in [-0.2, -0.15) is 0 Å². The van der Waals surface area contributed by atoms with Crippen LogP contribution in [-0.2, 0) is 4.74 Å². The Bertz CT molecular complexity index is 325. The number of rotatable bonds is 2. The van der Waals surface area contributed by atoms with Crippen molar-refractivity contribution >= 4 is 6.09 Å². The number of halogens is 2. The second kappa shape index (κ2) is 4.00. The molecule has 3 nitrogen and oxygen atoms in total. The summed E-state index contributed by atoms with van der Waals surface area (Å²) in [4.78, 5) is 12.3. The number of hydrogen-bond donors (Lipinski definition) is 0. The Morgan fingerprint density at radius 1 is 1.47 bits per heavy atom. The van der Waals surface area contributed by atoms with Crippen LogP contribution in [-0.4, -0.2) is 30.1 Å². The highest BCUT2D eigenvalue weighted by Gasteiger charge is 2.40. The van der Waals surface area contributed by atoms with E-state index in [4.69, 9.17) is 0 Å². The number of hydrogen-bond acceptors (Lipinski definition) is 2. The van der Waals surface area contributed by atoms with E-state index in [-0.39, 0.29) is 6.61 Å². The van der Waals surface area contributed by atoms with Crippen LogP contribution in [0.5, 0.6) is 0 Å². The van der Waals surface area contributed by atoms with E-state index in [0.29, 0.717) is 5.70 Å². The maximum absolute atomic E-state index is 12.6. The van der Waals surface area contributed by atoms with Crippen LogP contribution >= 0.6 is 0 Å². The number of carbonyl (C=O) groups is 1. The molecule has 0 bridgehead atoms. The largest absolute Gasteiger partial charge is 0.447 e. The third kappa shape index (κ3) is 1.86. The summed E-state index contributed by atoms with van der Waals surface area (Å²) in [5.41, 5.74) is 0.522. The van der Waals surface area contributed by atoms with Gasteiger partial charge < -0.3 is 4.74 Å². The fourth-order valence-corrected chi connectivity index (χ4v) is 1.70. The van der Waals surface area contributed by atoms with Gasteiger partial charge in [-0.25, -0.2) is 13.6 Å². The van der Waals surface area contributed by atoms with Crippen LogP contribution < -0.4 is 0 Å². The molecule has 0 unspecified atom stereocenters. The second-order valence-corrected chi connectivity index (χ2v) is 3.46. The predicted molar refractivity (Wildman–Crippen MR) is 49.4 cm³/mol. The van der Waals surface area contributed by atoms with Gasteiger partial charge in [0.2, 0.25) is 0 Å². The van der Waals surface area contributed by atoms with Crippen LogP contribution in [0.25, 0.3) is 0 Å². The molecule has 2 rings (SSSR count). The highest BCUT2D eigenvalue weighted by molar-refractivity contribution is 5.73. The van der Waals surface area contributed by atoms with Crippen molar-refractivity contribution in [3.05, 3.63) is 23.9 Å². The number of amides is 1. The van der Waals surface area contributed by atoms with Crippen molar-refractivity contribution in [3.63, 3.8) is 0 Å². The van der Waals surface area contributed by atoms with Gasteiger partial charge in [0.25, 0.3) is 6.43 Å². The first-order valence-corrected chi connectivity index (χ1v) is 4.81. The minimum absolute atomic E-state index is 0.234. The fourth-order valence-electron chi connectivity index (χ4n) is 1.70. The number of nitrogens with zero attached hydrogens (tertiary/aromatic N) is 1. The van der Waals surface area contributed by atoms with Gasteiger partial charge >= 0.3 is 6.09 Å². The molecule has 1 amide bonds. The first-order chi connectivity index (χ1) is 7.20. The standard InChI is InChI=1S/C10H11F2NO2/c11-9(12)8-6-15-10(14)13(8)7-4-2-1-3-5-7/h2,4-5,8-9H,1,3,6H2/t8-/m0/s1. The lowest BCUT2D eigenvalue weighted by atomic mass is 10.1. The fraction of sp³-hybridized carbons (Fsp3) is 0.500. The summed E-state index contributed by atoms with van der Waals surface area (Å²) in [6.07, 6.45) is 3.72. The SMILES string of the molecule is O=C1OC[C@@H](C(F)F)N1C1=CCCC=C1. The van der Waals surface area contributed by atoms with Crippen molar-refractivity contribution in [2.75, 3.05) is 6.61 Å². The van der Waals surface area contributed by atoms with Gasteiger partial charge in [-0.15, -0.1) is 0 Å². The van der Waals surface area contributed by atoms with Gasteiger partial charge in [0.05, 0.1) is 0 Å². The topological polar surface area (TPSA) is 29.5 Å². The van der Waals surface area contributed by atoms with Crippen LogP contribution in [0.1, 0.15) is 12.8 Å². The molecule has 5 heteroatoms. The summed E-state index contributed by atoms with van der Waals surface area (Å²) in [5, 5.41) is 0. The minimum atomic E-state index is -2.58. The van der Waals surface area contributed by atoms with E-state index in [9.17, 15) is 13.6 Å². The normalized spacial score (nSPS) is 25.8. The van der Waals surface area contributed by atoms with Gasteiger partial charge in [-0.3, -0.25) is 4.90 Å². The molecule has 0 aromatic carbocycles. The van der Waals surface area contributed by atoms with E-state index in [0.717, 1.165) is 17.7 Å². The third-order valence-corrected chi connectivity index (χ3v) is 2.45. The van der Waals surface area contributed by atoms with Crippen molar-refractivity contribution in [3.8, 4) is 0 Å². The molecule has 1 saturated heterocycles. The molecule has 1 aliphatic heterocycles. The Hall–Kier alpha value is -1.39. The van der Waals surface area contributed by atoms with Gasteiger partial charge in [0.1, 0.15) is 12.6 Å². The van der Waals surface area contributed by atoms with Crippen molar-refractivity contribution in [2.24, 2.45) is 0 Å². The maximum Gasteiger partial charge on any atom is 0.414 e. The minimum Gasteiger partial charge on any atom is -0.447 e. The first-order valence-electron chi connectivity index (χ1n) is 4.81. The van der Waals surface area contributed by atoms with Crippen molar-refractivity contribution in [2.45, 2.75) is 25.3 Å². The molecule has 15 heavy (non-hydrogen) atoms. The van der Waals surface area contributed by atoms with Gasteiger partial charge in [-0.05, 0) is 18.9 Å². The van der Waals surface area contributed by atoms with Gasteiger partial charge in [0.15, 0.2) is 0 Å². The van der Waals surface area contributed by atoms with E-state index >= 15 is 0 Å². The number of cyclic esters (lactones) is 1. The number of carbonyl (C=O) groups excluding carboxylic acids is 1. The molecule has 1 fully saturated rings. The predicted octanol–water partition coefficient (Wildman–Crippen LogP) is 2.31. The Morgan fingerprint density at radius 2 is 2.27 bits per heavy atom. The zero-order valence-electron chi connectivity index (χ0n) is 8.03. The first kappa shape index (κ1) is 10.1. The molecule has 0 aromatic heterocycles. The maximum atomic E-state index is 12.6. The Balaban J connectivity index is 2.20. The van der Waals surface area contributed by atoms with E-state index in [2.05, 4.69) is 4.74 Å². The van der Waals surface area contributed by atoms with E-state index < -0.39 is 18.6 Å². The Morgan fingerprint density at radius 3 is 2.87 bits per heavy atom. The van der Waals surface area contributed by atoms with Crippen LogP contribution in [0.15, 0.2) is 23.9 Å². The van der Waals surface area contributed by atoms with Crippen LogP contribution in [0.2, 0.25) is 0 Å². The second-order valence-electron chi connectivity index (χ2n) is 3.46. The molecule has 2 aliphatic rings. The van der Waals surface area contributed by atoms with Crippen molar-refractivity contribution in [1.82, 2.24) is 4.90 Å². The lowest BCUT2D eigenvalue weighted by Crippen LogP contribution is -2.37. The average Bonchev–Trinajstić information content (AvgIpc) is 2.61. The highest BCUT2D eigenvalue weighted by Crippen LogP contribution is 2.26. The van der Waals surface area contributed by atoms with Crippen LogP contribution in [0, 0.1) is 0 Å². The van der Waals surface area contributed by atoms with Gasteiger partial charge in [0, 0.05) is 5.70 Å². The molecular weight excluding hydrogens is 204 g/mol. The molecular formula is C10H11F2NO2. The number of ether oxygens (including phenoxy) is 1. The summed E-state index contributed by atoms with van der Waals surface area (Å²) in [7, 11) is 0. The summed E-state index contributed by atoms with van der Waals surface area (Å²) >= 11 is 0. The molecule has 0 saturated carbocycles. The smallest absolute Gasteiger partial charge is 0.414 e. The quantitative estimate of drug-likeness (QED) is 0.707. The van der Waals surface area contributed by atoms with Crippen LogP contribution in [0.4, 0.5) is 13.6 Å². The van der Waals surface area contributed by atoms with Crippen molar-refractivity contribution in [1.29, 1.82) is 0 Å². The zero-order chi connectivity index (χ0) is 10.8. The third-order valence-electron chi connectivity index (χ3n) is 2.45. The molecule has 0 N–H and O–H groups in total. The summed E-state index contributed by atoms with van der Waals surface area (Å²) < 4.78 is 29.8. The highest BCUT2D eigenvalue weighted by atomic mass is 19.3. The monoisotopic (exact) mass is 215 g/mol. The summed E-state index contributed by atoms with van der Waals surface area (Å²) in [6.45, 7) is -0.234. The summed E-state index contributed by atoms with van der Waals surface area (Å²) in [6, 6.07) is -1.15. The average molecular weight is 215 g/mol. The van der Waals surface area contributed by atoms with E-state index in [1.165, 1.54) is 0 Å². The molecule has 0 radical (unpaired) electrons.